The Bertz CT molecular complexity index is 786. The maximum absolute atomic E-state index is 12.1. The number of hydrogen-bond acceptors (Lipinski definition) is 3. The Balaban J connectivity index is 1.66. The topological polar surface area (TPSA) is 42.0 Å². The summed E-state index contributed by atoms with van der Waals surface area (Å²) in [5.41, 5.74) is 2.69. The smallest absolute Gasteiger partial charge is 0.230 e. The summed E-state index contributed by atoms with van der Waals surface area (Å²) in [6, 6.07) is 17.7. The first-order valence-corrected chi connectivity index (χ1v) is 8.72. The number of nitrogens with one attached hydrogen (secondary N) is 1. The maximum atomic E-state index is 12.1. The molecule has 3 nitrogen and oxygen atoms in total. The summed E-state index contributed by atoms with van der Waals surface area (Å²) in [6.07, 6.45) is 0.287. The number of rotatable bonds is 4. The van der Waals surface area contributed by atoms with Crippen molar-refractivity contribution in [3.63, 3.8) is 0 Å². The molecular weight excluding hydrogens is 407 g/mol. The largest absolute Gasteiger partial charge is 0.326 e. The van der Waals surface area contributed by atoms with Gasteiger partial charge in [-0.2, -0.15) is 0 Å². The quantitative estimate of drug-likeness (QED) is 0.628. The minimum Gasteiger partial charge on any atom is -0.326 e. The van der Waals surface area contributed by atoms with Crippen LogP contribution in [-0.2, 0) is 11.2 Å². The van der Waals surface area contributed by atoms with E-state index in [4.69, 9.17) is 0 Å². The Labute approximate surface area is 146 Å². The average Bonchev–Trinajstić information content (AvgIpc) is 2.96. The van der Waals surface area contributed by atoms with Crippen molar-refractivity contribution in [1.29, 1.82) is 0 Å². The molecule has 1 amide bonds. The fourth-order valence-electron chi connectivity index (χ4n) is 2.04. The Morgan fingerprint density at radius 3 is 2.73 bits per heavy atom. The summed E-state index contributed by atoms with van der Waals surface area (Å²) in [5.74, 6) is -0.0492. The van der Waals surface area contributed by atoms with Gasteiger partial charge in [0.25, 0.3) is 0 Å². The second-order valence-corrected chi connectivity index (χ2v) is 6.85. The number of amides is 1. The highest BCUT2D eigenvalue weighted by molar-refractivity contribution is 14.1. The standard InChI is InChI=1S/C17H13IN2OS/c18-13-7-4-8-14(9-13)19-16(21)10-15-11-22-17(20-15)12-5-2-1-3-6-12/h1-9,11H,10H2,(H,19,21). The van der Waals surface area contributed by atoms with Gasteiger partial charge < -0.3 is 5.32 Å². The molecule has 0 atom stereocenters. The summed E-state index contributed by atoms with van der Waals surface area (Å²) >= 11 is 3.78. The molecule has 3 rings (SSSR count). The average molecular weight is 420 g/mol. The van der Waals surface area contributed by atoms with E-state index in [9.17, 15) is 4.79 Å². The number of benzene rings is 2. The van der Waals surface area contributed by atoms with Crippen LogP contribution in [0, 0.1) is 3.57 Å². The van der Waals surface area contributed by atoms with E-state index >= 15 is 0 Å². The zero-order valence-electron chi connectivity index (χ0n) is 11.6. The van der Waals surface area contributed by atoms with Crippen molar-refractivity contribution in [3.8, 4) is 10.6 Å². The van der Waals surface area contributed by atoms with E-state index in [1.54, 1.807) is 11.3 Å². The fourth-order valence-corrected chi connectivity index (χ4v) is 3.41. The zero-order valence-corrected chi connectivity index (χ0v) is 14.6. The van der Waals surface area contributed by atoms with Gasteiger partial charge in [0.2, 0.25) is 5.91 Å². The maximum Gasteiger partial charge on any atom is 0.230 e. The van der Waals surface area contributed by atoms with E-state index < -0.39 is 0 Å². The summed E-state index contributed by atoms with van der Waals surface area (Å²) < 4.78 is 1.09. The minimum atomic E-state index is -0.0492. The first kappa shape index (κ1) is 15.2. The molecule has 22 heavy (non-hydrogen) atoms. The molecule has 110 valence electrons. The lowest BCUT2D eigenvalue weighted by Crippen LogP contribution is -2.14. The van der Waals surface area contributed by atoms with E-state index in [-0.39, 0.29) is 12.3 Å². The van der Waals surface area contributed by atoms with E-state index in [2.05, 4.69) is 32.9 Å². The molecule has 2 aromatic carbocycles. The molecule has 0 radical (unpaired) electrons. The van der Waals surface area contributed by atoms with Gasteiger partial charge in [-0.1, -0.05) is 36.4 Å². The predicted molar refractivity (Wildman–Crippen MR) is 99.0 cm³/mol. The molecule has 0 spiro atoms. The van der Waals surface area contributed by atoms with Crippen LogP contribution in [-0.4, -0.2) is 10.9 Å². The van der Waals surface area contributed by atoms with Crippen LogP contribution in [0.15, 0.2) is 60.0 Å². The van der Waals surface area contributed by atoms with Gasteiger partial charge in [0.1, 0.15) is 5.01 Å². The van der Waals surface area contributed by atoms with Crippen LogP contribution in [0.3, 0.4) is 0 Å². The van der Waals surface area contributed by atoms with Gasteiger partial charge in [-0.25, -0.2) is 4.98 Å². The van der Waals surface area contributed by atoms with Gasteiger partial charge in [-0.3, -0.25) is 4.79 Å². The van der Waals surface area contributed by atoms with Crippen molar-refractivity contribution < 1.29 is 4.79 Å². The van der Waals surface area contributed by atoms with Crippen LogP contribution >= 0.6 is 33.9 Å². The van der Waals surface area contributed by atoms with E-state index in [0.29, 0.717) is 0 Å². The van der Waals surface area contributed by atoms with Crippen LogP contribution in [0.2, 0.25) is 0 Å². The highest BCUT2D eigenvalue weighted by Crippen LogP contribution is 2.23. The van der Waals surface area contributed by atoms with E-state index in [1.165, 1.54) is 0 Å². The molecule has 0 unspecified atom stereocenters. The third-order valence-corrected chi connectivity index (χ3v) is 4.63. The van der Waals surface area contributed by atoms with Crippen LogP contribution in [0.4, 0.5) is 5.69 Å². The normalized spacial score (nSPS) is 10.4. The number of thiazole rings is 1. The molecule has 3 aromatic rings. The molecule has 5 heteroatoms. The second-order valence-electron chi connectivity index (χ2n) is 4.75. The Kier molecular flexibility index (Phi) is 4.84. The fraction of sp³-hybridized carbons (Fsp3) is 0.0588. The first-order chi connectivity index (χ1) is 10.7. The van der Waals surface area contributed by atoms with Crippen molar-refractivity contribution in [2.24, 2.45) is 0 Å². The number of carbonyl (C=O) groups is 1. The van der Waals surface area contributed by atoms with Gasteiger partial charge in [0.05, 0.1) is 12.1 Å². The molecule has 0 saturated heterocycles. The van der Waals surface area contributed by atoms with E-state index in [0.717, 1.165) is 25.5 Å². The lowest BCUT2D eigenvalue weighted by molar-refractivity contribution is -0.115. The van der Waals surface area contributed by atoms with Crippen LogP contribution < -0.4 is 5.32 Å². The predicted octanol–water partition coefficient (Wildman–Crippen LogP) is 4.60. The molecule has 0 aliphatic carbocycles. The number of anilines is 1. The number of carbonyl (C=O) groups excluding carboxylic acids is 1. The van der Waals surface area contributed by atoms with Crippen molar-refractivity contribution in [2.75, 3.05) is 5.32 Å². The summed E-state index contributed by atoms with van der Waals surface area (Å²) in [5, 5.41) is 5.78. The molecule has 0 bridgehead atoms. The summed E-state index contributed by atoms with van der Waals surface area (Å²) in [7, 11) is 0. The zero-order chi connectivity index (χ0) is 15.4. The molecule has 0 fully saturated rings. The third kappa shape index (κ3) is 3.92. The number of nitrogens with zero attached hydrogens (tertiary/aromatic N) is 1. The third-order valence-electron chi connectivity index (χ3n) is 3.02. The van der Waals surface area contributed by atoms with Crippen molar-refractivity contribution in [2.45, 2.75) is 6.42 Å². The van der Waals surface area contributed by atoms with Crippen LogP contribution in [0.25, 0.3) is 10.6 Å². The molecular formula is C17H13IN2OS. The van der Waals surface area contributed by atoms with Gasteiger partial charge in [0.15, 0.2) is 0 Å². The summed E-state index contributed by atoms with van der Waals surface area (Å²) in [6.45, 7) is 0. The van der Waals surface area contributed by atoms with Gasteiger partial charge in [-0.15, -0.1) is 11.3 Å². The second kappa shape index (κ2) is 7.02. The number of halogens is 1. The SMILES string of the molecule is O=C(Cc1csc(-c2ccccc2)n1)Nc1cccc(I)c1. The van der Waals surface area contributed by atoms with Crippen molar-refractivity contribution in [3.05, 3.63) is 69.2 Å². The Morgan fingerprint density at radius 1 is 1.14 bits per heavy atom. The summed E-state index contributed by atoms with van der Waals surface area (Å²) in [4.78, 5) is 16.6. The molecule has 1 heterocycles. The van der Waals surface area contributed by atoms with E-state index in [1.807, 2.05) is 60.0 Å². The molecule has 0 aliphatic heterocycles. The van der Waals surface area contributed by atoms with Gasteiger partial charge in [0, 0.05) is 20.2 Å². The molecule has 1 N–H and O–H groups in total. The number of aromatic nitrogens is 1. The van der Waals surface area contributed by atoms with Crippen molar-refractivity contribution in [1.82, 2.24) is 4.98 Å². The number of hydrogen-bond donors (Lipinski definition) is 1. The minimum absolute atomic E-state index is 0.0492. The highest BCUT2D eigenvalue weighted by Gasteiger charge is 2.09. The molecule has 1 aromatic heterocycles. The monoisotopic (exact) mass is 420 g/mol. The van der Waals surface area contributed by atoms with Gasteiger partial charge in [-0.05, 0) is 40.8 Å². The molecule has 0 saturated carbocycles. The van der Waals surface area contributed by atoms with Crippen LogP contribution in [0.1, 0.15) is 5.69 Å². The van der Waals surface area contributed by atoms with Crippen LogP contribution in [0.5, 0.6) is 0 Å². The van der Waals surface area contributed by atoms with Gasteiger partial charge >= 0.3 is 0 Å². The van der Waals surface area contributed by atoms with Crippen molar-refractivity contribution >= 4 is 45.5 Å². The molecule has 0 aliphatic rings. The Hall–Kier alpha value is -1.73. The lowest BCUT2D eigenvalue weighted by atomic mass is 10.2. The first-order valence-electron chi connectivity index (χ1n) is 6.76. The highest BCUT2D eigenvalue weighted by atomic mass is 127. The Morgan fingerprint density at radius 2 is 1.95 bits per heavy atom. The lowest BCUT2D eigenvalue weighted by Gasteiger charge is -2.04.